The summed E-state index contributed by atoms with van der Waals surface area (Å²) >= 11 is 3.04. The molecule has 0 aliphatic carbocycles. The molecule has 7 heteroatoms. The number of thioether (sulfide) groups is 1. The van der Waals surface area contributed by atoms with Crippen LogP contribution in [0, 0.1) is 5.92 Å². The van der Waals surface area contributed by atoms with Crippen LogP contribution in [0.15, 0.2) is 28.6 Å². The summed E-state index contributed by atoms with van der Waals surface area (Å²) in [5.41, 5.74) is 1.03. The fraction of sp³-hybridized carbons (Fsp3) is 0.500. The minimum atomic E-state index is -0.236. The average Bonchev–Trinajstić information content (AvgIpc) is 2.98. The summed E-state index contributed by atoms with van der Waals surface area (Å²) in [6.45, 7) is 10.6. The van der Waals surface area contributed by atoms with Crippen LogP contribution in [0.4, 0.5) is 5.13 Å². The van der Waals surface area contributed by atoms with E-state index in [9.17, 15) is 4.79 Å². The molecule has 1 aromatic heterocycles. The van der Waals surface area contributed by atoms with Gasteiger partial charge in [0.05, 0.1) is 0 Å². The third-order valence-electron chi connectivity index (χ3n) is 3.25. The number of amides is 1. The summed E-state index contributed by atoms with van der Waals surface area (Å²) in [5, 5.41) is 11.3. The number of benzene rings is 1. The Morgan fingerprint density at radius 1 is 1.28 bits per heavy atom. The molecule has 1 amide bonds. The van der Waals surface area contributed by atoms with E-state index in [2.05, 4.69) is 50.1 Å². The molecule has 0 fully saturated rings. The minimum Gasteiger partial charge on any atom is -0.483 e. The van der Waals surface area contributed by atoms with Crippen LogP contribution in [0.2, 0.25) is 0 Å². The zero-order valence-corrected chi connectivity index (χ0v) is 17.0. The van der Waals surface area contributed by atoms with Gasteiger partial charge in [-0.25, -0.2) is 0 Å². The van der Waals surface area contributed by atoms with Crippen LogP contribution in [-0.2, 0) is 10.2 Å². The molecule has 1 heterocycles. The van der Waals surface area contributed by atoms with Gasteiger partial charge < -0.3 is 4.74 Å². The smallest absolute Gasteiger partial charge is 0.264 e. The van der Waals surface area contributed by atoms with E-state index in [1.54, 1.807) is 11.8 Å². The molecule has 136 valence electrons. The maximum atomic E-state index is 12.1. The first-order valence-corrected chi connectivity index (χ1v) is 10.0. The molecule has 1 N–H and O–H groups in total. The number of hydrogen-bond donors (Lipinski definition) is 1. The molecule has 0 aliphatic heterocycles. The molecule has 0 spiro atoms. The van der Waals surface area contributed by atoms with Crippen molar-refractivity contribution in [2.24, 2.45) is 5.92 Å². The number of aromatic nitrogens is 2. The van der Waals surface area contributed by atoms with Gasteiger partial charge in [-0.05, 0) is 23.0 Å². The Morgan fingerprint density at radius 3 is 2.68 bits per heavy atom. The van der Waals surface area contributed by atoms with Crippen molar-refractivity contribution in [1.82, 2.24) is 10.2 Å². The van der Waals surface area contributed by atoms with Gasteiger partial charge in [0.2, 0.25) is 5.13 Å². The highest BCUT2D eigenvalue weighted by atomic mass is 32.2. The molecule has 0 saturated heterocycles. The van der Waals surface area contributed by atoms with Gasteiger partial charge in [-0.2, -0.15) is 0 Å². The lowest BCUT2D eigenvalue weighted by molar-refractivity contribution is -0.118. The van der Waals surface area contributed by atoms with Crippen LogP contribution in [0.5, 0.6) is 5.75 Å². The largest absolute Gasteiger partial charge is 0.483 e. The highest BCUT2D eigenvalue weighted by molar-refractivity contribution is 8.01. The lowest BCUT2D eigenvalue weighted by Crippen LogP contribution is -2.21. The van der Waals surface area contributed by atoms with Gasteiger partial charge in [0, 0.05) is 5.75 Å². The van der Waals surface area contributed by atoms with Crippen molar-refractivity contribution in [2.45, 2.75) is 44.4 Å². The van der Waals surface area contributed by atoms with E-state index in [1.165, 1.54) is 11.3 Å². The first-order chi connectivity index (χ1) is 11.8. The molecule has 0 saturated carbocycles. The summed E-state index contributed by atoms with van der Waals surface area (Å²) in [7, 11) is 0. The zero-order chi connectivity index (χ0) is 18.4. The number of para-hydroxylation sites is 1. The molecule has 25 heavy (non-hydrogen) atoms. The van der Waals surface area contributed by atoms with E-state index in [0.717, 1.165) is 21.4 Å². The Bertz CT molecular complexity index is 708. The lowest BCUT2D eigenvalue weighted by atomic mass is 9.86. The van der Waals surface area contributed by atoms with E-state index in [-0.39, 0.29) is 17.9 Å². The Hall–Kier alpha value is -1.60. The third-order valence-corrected chi connectivity index (χ3v) is 5.65. The zero-order valence-electron chi connectivity index (χ0n) is 15.3. The van der Waals surface area contributed by atoms with Gasteiger partial charge in [0.1, 0.15) is 5.75 Å². The van der Waals surface area contributed by atoms with Crippen molar-refractivity contribution in [3.63, 3.8) is 0 Å². The van der Waals surface area contributed by atoms with Crippen LogP contribution in [-0.4, -0.2) is 28.5 Å². The predicted molar refractivity (Wildman–Crippen MR) is 105 cm³/mol. The SMILES string of the molecule is CC(C)CSc1nnc(NC(=O)COc2ccccc2C(C)(C)C)s1. The first-order valence-electron chi connectivity index (χ1n) is 8.24. The fourth-order valence-corrected chi connectivity index (χ4v) is 3.81. The normalized spacial score (nSPS) is 11.6. The van der Waals surface area contributed by atoms with E-state index in [4.69, 9.17) is 4.74 Å². The third kappa shape index (κ3) is 6.32. The molecule has 2 rings (SSSR count). The fourth-order valence-electron chi connectivity index (χ4n) is 2.07. The Kier molecular flexibility index (Phi) is 6.84. The minimum absolute atomic E-state index is 0.0468. The topological polar surface area (TPSA) is 64.1 Å². The number of carbonyl (C=O) groups excluding carboxylic acids is 1. The number of ether oxygens (including phenoxy) is 1. The monoisotopic (exact) mass is 379 g/mol. The second-order valence-electron chi connectivity index (χ2n) is 7.16. The lowest BCUT2D eigenvalue weighted by Gasteiger charge is -2.22. The number of nitrogens with zero attached hydrogens (tertiary/aromatic N) is 2. The van der Waals surface area contributed by atoms with Crippen LogP contribution >= 0.6 is 23.1 Å². The molecular formula is C18H25N3O2S2. The summed E-state index contributed by atoms with van der Waals surface area (Å²) < 4.78 is 6.59. The van der Waals surface area contributed by atoms with Crippen LogP contribution in [0.25, 0.3) is 0 Å². The van der Waals surface area contributed by atoms with Gasteiger partial charge in [-0.1, -0.05) is 75.9 Å². The van der Waals surface area contributed by atoms with Gasteiger partial charge in [-0.15, -0.1) is 10.2 Å². The van der Waals surface area contributed by atoms with Crippen molar-refractivity contribution in [1.29, 1.82) is 0 Å². The summed E-state index contributed by atoms with van der Waals surface area (Å²) in [6, 6.07) is 7.80. The standard InChI is InChI=1S/C18H25N3O2S2/c1-12(2)11-24-17-21-20-16(25-17)19-15(22)10-23-14-9-7-6-8-13(14)18(3,4)5/h6-9,12H,10-11H2,1-5H3,(H,19,20,22). The maximum Gasteiger partial charge on any atom is 0.264 e. The number of hydrogen-bond acceptors (Lipinski definition) is 6. The van der Waals surface area contributed by atoms with Crippen LogP contribution in [0.3, 0.4) is 0 Å². The van der Waals surface area contributed by atoms with E-state index in [1.807, 2.05) is 24.3 Å². The molecule has 0 aliphatic rings. The Labute approximate surface area is 157 Å². The Morgan fingerprint density at radius 2 is 2.00 bits per heavy atom. The summed E-state index contributed by atoms with van der Waals surface area (Å²) in [5.74, 6) is 2.06. The molecule has 0 unspecified atom stereocenters. The highest BCUT2D eigenvalue weighted by Gasteiger charge is 2.19. The molecule has 0 radical (unpaired) electrons. The maximum absolute atomic E-state index is 12.1. The van der Waals surface area contributed by atoms with Crippen molar-refractivity contribution >= 4 is 34.1 Å². The molecule has 1 aromatic carbocycles. The summed E-state index contributed by atoms with van der Waals surface area (Å²) in [4.78, 5) is 12.1. The number of rotatable bonds is 7. The molecule has 0 atom stereocenters. The number of anilines is 1. The molecule has 2 aromatic rings. The molecule has 5 nitrogen and oxygen atoms in total. The van der Waals surface area contributed by atoms with Crippen molar-refractivity contribution in [3.8, 4) is 5.75 Å². The highest BCUT2D eigenvalue weighted by Crippen LogP contribution is 2.31. The van der Waals surface area contributed by atoms with Gasteiger partial charge >= 0.3 is 0 Å². The quantitative estimate of drug-likeness (QED) is 0.562. The van der Waals surface area contributed by atoms with E-state index < -0.39 is 0 Å². The van der Waals surface area contributed by atoms with Crippen LogP contribution in [0.1, 0.15) is 40.2 Å². The van der Waals surface area contributed by atoms with Gasteiger partial charge in [0.25, 0.3) is 5.91 Å². The van der Waals surface area contributed by atoms with Gasteiger partial charge in [-0.3, -0.25) is 10.1 Å². The van der Waals surface area contributed by atoms with Crippen molar-refractivity contribution in [3.05, 3.63) is 29.8 Å². The predicted octanol–water partition coefficient (Wildman–Crippen LogP) is 4.60. The second kappa shape index (κ2) is 8.67. The van der Waals surface area contributed by atoms with Crippen LogP contribution < -0.4 is 10.1 Å². The van der Waals surface area contributed by atoms with Crippen molar-refractivity contribution < 1.29 is 9.53 Å². The van der Waals surface area contributed by atoms with E-state index in [0.29, 0.717) is 11.0 Å². The summed E-state index contributed by atoms with van der Waals surface area (Å²) in [6.07, 6.45) is 0. The molecular weight excluding hydrogens is 354 g/mol. The number of nitrogens with one attached hydrogen (secondary N) is 1. The number of carbonyl (C=O) groups is 1. The first kappa shape index (κ1) is 19.7. The average molecular weight is 380 g/mol. The van der Waals surface area contributed by atoms with Crippen molar-refractivity contribution in [2.75, 3.05) is 17.7 Å². The Balaban J connectivity index is 1.90. The van der Waals surface area contributed by atoms with E-state index >= 15 is 0 Å². The van der Waals surface area contributed by atoms with Gasteiger partial charge in [0.15, 0.2) is 10.9 Å². The second-order valence-corrected chi connectivity index (χ2v) is 9.41. The molecule has 0 bridgehead atoms.